The fraction of sp³-hybridized carbons (Fsp3) is 0.583. The van der Waals surface area contributed by atoms with Crippen LogP contribution in [0.4, 0.5) is 0 Å². The maximum absolute atomic E-state index is 12.2. The third kappa shape index (κ3) is 2.51. The number of carbonyl (C=O) groups excluding carboxylic acids is 1. The number of hydrogen-bond donors (Lipinski definition) is 0. The first-order valence-electron chi connectivity index (χ1n) is 5.45. The van der Waals surface area contributed by atoms with Crippen molar-refractivity contribution in [1.82, 2.24) is 0 Å². The predicted molar refractivity (Wildman–Crippen MR) is 67.5 cm³/mol. The first-order chi connectivity index (χ1) is 7.18. The number of halogens is 1. The fourth-order valence-corrected chi connectivity index (χ4v) is 3.63. The average Bonchev–Trinajstić information content (AvgIpc) is 2.63. The van der Waals surface area contributed by atoms with E-state index in [1.165, 1.54) is 12.8 Å². The standard InChI is InChI=1S/C12H15BrOS/c1-8-3-2-4-9(7-8)11(14)10-5-6-15-12(10)13/h5-6,8-9H,2-4,7H2,1H3. The lowest BCUT2D eigenvalue weighted by Crippen LogP contribution is -2.21. The molecule has 1 saturated carbocycles. The van der Waals surface area contributed by atoms with Crippen molar-refractivity contribution in [3.05, 3.63) is 20.8 Å². The van der Waals surface area contributed by atoms with E-state index in [9.17, 15) is 4.79 Å². The van der Waals surface area contributed by atoms with E-state index in [2.05, 4.69) is 22.9 Å². The Bertz CT molecular complexity index is 358. The smallest absolute Gasteiger partial charge is 0.167 e. The first kappa shape index (κ1) is 11.3. The Morgan fingerprint density at radius 2 is 2.33 bits per heavy atom. The fourth-order valence-electron chi connectivity index (χ4n) is 2.36. The molecule has 0 radical (unpaired) electrons. The maximum Gasteiger partial charge on any atom is 0.167 e. The van der Waals surface area contributed by atoms with E-state index in [1.807, 2.05) is 11.4 Å². The van der Waals surface area contributed by atoms with Gasteiger partial charge < -0.3 is 0 Å². The molecular formula is C12H15BrOS. The molecule has 2 atom stereocenters. The summed E-state index contributed by atoms with van der Waals surface area (Å²) in [5.41, 5.74) is 0.888. The lowest BCUT2D eigenvalue weighted by molar-refractivity contribution is 0.0868. The van der Waals surface area contributed by atoms with Crippen LogP contribution in [0, 0.1) is 11.8 Å². The second-order valence-electron chi connectivity index (χ2n) is 4.44. The van der Waals surface area contributed by atoms with Gasteiger partial charge in [-0.15, -0.1) is 11.3 Å². The summed E-state index contributed by atoms with van der Waals surface area (Å²) in [6.45, 7) is 2.25. The largest absolute Gasteiger partial charge is 0.294 e. The molecule has 0 bridgehead atoms. The SMILES string of the molecule is CC1CCCC(C(=O)c2ccsc2Br)C1. The Morgan fingerprint density at radius 1 is 1.53 bits per heavy atom. The molecule has 0 N–H and O–H groups in total. The van der Waals surface area contributed by atoms with Crippen LogP contribution < -0.4 is 0 Å². The normalized spacial score (nSPS) is 26.5. The van der Waals surface area contributed by atoms with Crippen molar-refractivity contribution in [3.8, 4) is 0 Å². The molecule has 1 aromatic rings. The number of hydrogen-bond acceptors (Lipinski definition) is 2. The van der Waals surface area contributed by atoms with Crippen LogP contribution in [0.15, 0.2) is 15.2 Å². The van der Waals surface area contributed by atoms with E-state index in [0.717, 1.165) is 22.2 Å². The molecule has 15 heavy (non-hydrogen) atoms. The highest BCUT2D eigenvalue weighted by molar-refractivity contribution is 9.11. The van der Waals surface area contributed by atoms with Gasteiger partial charge in [-0.25, -0.2) is 0 Å². The van der Waals surface area contributed by atoms with Gasteiger partial charge in [-0.3, -0.25) is 4.79 Å². The van der Waals surface area contributed by atoms with Gasteiger partial charge in [0.05, 0.1) is 3.79 Å². The van der Waals surface area contributed by atoms with E-state index in [-0.39, 0.29) is 5.92 Å². The molecule has 1 heterocycles. The first-order valence-corrected chi connectivity index (χ1v) is 7.13. The molecule has 0 aromatic carbocycles. The van der Waals surface area contributed by atoms with Gasteiger partial charge in [-0.1, -0.05) is 19.8 Å². The molecule has 1 aliphatic rings. The zero-order valence-electron chi connectivity index (χ0n) is 8.83. The van der Waals surface area contributed by atoms with Crippen LogP contribution in [0.25, 0.3) is 0 Å². The molecule has 0 aliphatic heterocycles. The van der Waals surface area contributed by atoms with Gasteiger partial charge in [-0.2, -0.15) is 0 Å². The highest BCUT2D eigenvalue weighted by atomic mass is 79.9. The lowest BCUT2D eigenvalue weighted by Gasteiger charge is -2.25. The van der Waals surface area contributed by atoms with Crippen molar-refractivity contribution in [1.29, 1.82) is 0 Å². The van der Waals surface area contributed by atoms with Crippen LogP contribution in [0.5, 0.6) is 0 Å². The van der Waals surface area contributed by atoms with Crippen LogP contribution >= 0.6 is 27.3 Å². The van der Waals surface area contributed by atoms with Crippen LogP contribution in [0.1, 0.15) is 43.0 Å². The monoisotopic (exact) mass is 286 g/mol. The zero-order chi connectivity index (χ0) is 10.8. The van der Waals surface area contributed by atoms with Crippen LogP contribution in [-0.2, 0) is 0 Å². The molecule has 2 unspecified atom stereocenters. The van der Waals surface area contributed by atoms with Gasteiger partial charge in [0.1, 0.15) is 0 Å². The molecule has 1 fully saturated rings. The predicted octanol–water partition coefficient (Wildman–Crippen LogP) is 4.52. The average molecular weight is 287 g/mol. The van der Waals surface area contributed by atoms with E-state index < -0.39 is 0 Å². The number of thiophene rings is 1. The number of Topliss-reactive ketones (excluding diaryl/α,β-unsaturated/α-hetero) is 1. The number of ketones is 1. The molecule has 1 aromatic heterocycles. The van der Waals surface area contributed by atoms with Gasteiger partial charge >= 0.3 is 0 Å². The molecule has 0 spiro atoms. The van der Waals surface area contributed by atoms with Crippen LogP contribution in [0.3, 0.4) is 0 Å². The Hall–Kier alpha value is -0.150. The van der Waals surface area contributed by atoms with E-state index >= 15 is 0 Å². The molecule has 2 rings (SSSR count). The van der Waals surface area contributed by atoms with Crippen molar-refractivity contribution < 1.29 is 4.79 Å². The molecule has 1 nitrogen and oxygen atoms in total. The van der Waals surface area contributed by atoms with Crippen LogP contribution in [0.2, 0.25) is 0 Å². The van der Waals surface area contributed by atoms with Gasteiger partial charge in [0.25, 0.3) is 0 Å². The summed E-state index contributed by atoms with van der Waals surface area (Å²) in [5, 5.41) is 1.98. The van der Waals surface area contributed by atoms with Gasteiger partial charge in [0, 0.05) is 11.5 Å². The third-order valence-corrected chi connectivity index (χ3v) is 4.88. The molecule has 0 saturated heterocycles. The van der Waals surface area contributed by atoms with Crippen molar-refractivity contribution in [2.75, 3.05) is 0 Å². The molecule has 1 aliphatic carbocycles. The number of carbonyl (C=O) groups is 1. The van der Waals surface area contributed by atoms with E-state index in [1.54, 1.807) is 11.3 Å². The summed E-state index contributed by atoms with van der Waals surface area (Å²) in [4.78, 5) is 12.2. The molecule has 3 heteroatoms. The van der Waals surface area contributed by atoms with Gasteiger partial charge in [-0.05, 0) is 46.1 Å². The molecule has 82 valence electrons. The summed E-state index contributed by atoms with van der Waals surface area (Å²) in [6.07, 6.45) is 4.64. The quantitative estimate of drug-likeness (QED) is 0.731. The zero-order valence-corrected chi connectivity index (χ0v) is 11.2. The van der Waals surface area contributed by atoms with E-state index in [4.69, 9.17) is 0 Å². The second kappa shape index (κ2) is 4.79. The van der Waals surface area contributed by atoms with E-state index in [0.29, 0.717) is 11.7 Å². The third-order valence-electron chi connectivity index (χ3n) is 3.19. The lowest BCUT2D eigenvalue weighted by atomic mass is 9.79. The maximum atomic E-state index is 12.2. The Balaban J connectivity index is 2.11. The molecule has 0 amide bonds. The van der Waals surface area contributed by atoms with Crippen molar-refractivity contribution in [3.63, 3.8) is 0 Å². The van der Waals surface area contributed by atoms with Crippen molar-refractivity contribution in [2.24, 2.45) is 11.8 Å². The molecular weight excluding hydrogens is 272 g/mol. The highest BCUT2D eigenvalue weighted by Gasteiger charge is 2.27. The van der Waals surface area contributed by atoms with Gasteiger partial charge in [0.2, 0.25) is 0 Å². The summed E-state index contributed by atoms with van der Waals surface area (Å²) in [5.74, 6) is 1.32. The second-order valence-corrected chi connectivity index (χ2v) is 6.67. The minimum absolute atomic E-state index is 0.264. The topological polar surface area (TPSA) is 17.1 Å². The summed E-state index contributed by atoms with van der Waals surface area (Å²) in [7, 11) is 0. The Labute approximate surface area is 103 Å². The van der Waals surface area contributed by atoms with Crippen molar-refractivity contribution >= 4 is 33.0 Å². The summed E-state index contributed by atoms with van der Waals surface area (Å²) >= 11 is 5.04. The van der Waals surface area contributed by atoms with Gasteiger partial charge in [0.15, 0.2) is 5.78 Å². The highest BCUT2D eigenvalue weighted by Crippen LogP contribution is 2.34. The summed E-state index contributed by atoms with van der Waals surface area (Å²) in [6, 6.07) is 1.94. The number of rotatable bonds is 2. The Kier molecular flexibility index (Phi) is 3.62. The minimum atomic E-state index is 0.264. The Morgan fingerprint density at radius 3 is 2.93 bits per heavy atom. The van der Waals surface area contributed by atoms with Crippen molar-refractivity contribution in [2.45, 2.75) is 32.6 Å². The summed E-state index contributed by atoms with van der Waals surface area (Å²) < 4.78 is 0.991. The minimum Gasteiger partial charge on any atom is -0.294 e. The van der Waals surface area contributed by atoms with Crippen LogP contribution in [-0.4, -0.2) is 5.78 Å².